The smallest absolute Gasteiger partial charge is 0.274 e. The number of carbonyl (C=O) groups excluding carboxylic acids is 1. The fourth-order valence-electron chi connectivity index (χ4n) is 1.83. The number of nitro benzene ring substituents is 1. The summed E-state index contributed by atoms with van der Waals surface area (Å²) in [4.78, 5) is 21.6. The van der Waals surface area contributed by atoms with Crippen molar-refractivity contribution >= 4 is 27.4 Å². The molecule has 0 spiro atoms. The van der Waals surface area contributed by atoms with Gasteiger partial charge in [0.15, 0.2) is 0 Å². The first-order valence-corrected chi connectivity index (χ1v) is 5.34. The summed E-state index contributed by atoms with van der Waals surface area (Å²) >= 11 is 3.24. The fourth-order valence-corrected chi connectivity index (χ4v) is 2.32. The van der Waals surface area contributed by atoms with Crippen molar-refractivity contribution in [3.63, 3.8) is 0 Å². The Hall–Kier alpha value is -1.23. The predicted octanol–water partition coefficient (Wildman–Crippen LogP) is 2.42. The maximum absolute atomic E-state index is 11.3. The lowest BCUT2D eigenvalue weighted by atomic mass is 9.90. The number of aryl methyl sites for hydroxylation is 1. The lowest BCUT2D eigenvalue weighted by Crippen LogP contribution is -2.15. The Bertz CT molecular complexity index is 456. The topological polar surface area (TPSA) is 60.2 Å². The predicted molar refractivity (Wildman–Crippen MR) is 57.8 cm³/mol. The second kappa shape index (κ2) is 3.73. The molecule has 0 amide bonds. The van der Waals surface area contributed by atoms with Gasteiger partial charge in [0.1, 0.15) is 5.78 Å². The molecule has 2 rings (SSSR count). The van der Waals surface area contributed by atoms with Gasteiger partial charge in [0, 0.05) is 28.9 Å². The van der Waals surface area contributed by atoms with Crippen molar-refractivity contribution < 1.29 is 9.72 Å². The van der Waals surface area contributed by atoms with Gasteiger partial charge < -0.3 is 0 Å². The first-order chi connectivity index (χ1) is 7.08. The molecule has 0 aromatic heterocycles. The van der Waals surface area contributed by atoms with Crippen LogP contribution in [0, 0.1) is 10.1 Å². The number of benzene rings is 1. The van der Waals surface area contributed by atoms with Crippen LogP contribution in [0.25, 0.3) is 0 Å². The number of nitrogens with zero attached hydrogens (tertiary/aromatic N) is 1. The van der Waals surface area contributed by atoms with E-state index in [1.807, 2.05) is 6.07 Å². The van der Waals surface area contributed by atoms with E-state index in [1.165, 1.54) is 6.07 Å². The Labute approximate surface area is 94.6 Å². The van der Waals surface area contributed by atoms with Gasteiger partial charge in [0.05, 0.1) is 4.92 Å². The molecule has 5 heteroatoms. The third kappa shape index (κ3) is 1.92. The first-order valence-electron chi connectivity index (χ1n) is 4.55. The summed E-state index contributed by atoms with van der Waals surface area (Å²) in [6.45, 7) is 0. The molecule has 0 saturated heterocycles. The maximum Gasteiger partial charge on any atom is 0.274 e. The number of nitro groups is 1. The number of halogens is 1. The number of rotatable bonds is 1. The standard InChI is InChI=1S/C10H8BrNO3/c11-7-3-6-1-2-8(13)5-9(6)10(4-7)12(14)15/h3-4H,1-2,5H2. The molecule has 4 nitrogen and oxygen atoms in total. The van der Waals surface area contributed by atoms with Gasteiger partial charge in [0.2, 0.25) is 0 Å². The minimum Gasteiger partial charge on any atom is -0.299 e. The van der Waals surface area contributed by atoms with E-state index in [1.54, 1.807) is 0 Å². The zero-order valence-corrected chi connectivity index (χ0v) is 9.41. The Morgan fingerprint density at radius 2 is 2.07 bits per heavy atom. The molecule has 0 unspecified atom stereocenters. The van der Waals surface area contributed by atoms with E-state index in [0.717, 1.165) is 5.56 Å². The molecule has 1 aromatic rings. The van der Waals surface area contributed by atoms with Crippen molar-refractivity contribution in [1.29, 1.82) is 0 Å². The van der Waals surface area contributed by atoms with Gasteiger partial charge in [-0.25, -0.2) is 0 Å². The minimum atomic E-state index is -0.428. The zero-order chi connectivity index (χ0) is 11.0. The van der Waals surface area contributed by atoms with E-state index >= 15 is 0 Å². The van der Waals surface area contributed by atoms with Crippen molar-refractivity contribution in [2.75, 3.05) is 0 Å². The zero-order valence-electron chi connectivity index (χ0n) is 7.83. The molecular weight excluding hydrogens is 262 g/mol. The van der Waals surface area contributed by atoms with Crippen molar-refractivity contribution in [3.05, 3.63) is 37.8 Å². The molecule has 0 N–H and O–H groups in total. The van der Waals surface area contributed by atoms with Crippen LogP contribution in [0.3, 0.4) is 0 Å². The van der Waals surface area contributed by atoms with E-state index < -0.39 is 4.92 Å². The quantitative estimate of drug-likeness (QED) is 0.581. The molecule has 0 fully saturated rings. The third-order valence-electron chi connectivity index (χ3n) is 2.53. The van der Waals surface area contributed by atoms with Gasteiger partial charge in [-0.3, -0.25) is 14.9 Å². The van der Waals surface area contributed by atoms with Crippen LogP contribution in [0.4, 0.5) is 5.69 Å². The van der Waals surface area contributed by atoms with Gasteiger partial charge in [-0.15, -0.1) is 0 Å². The SMILES string of the molecule is O=C1CCc2cc(Br)cc([N+](=O)[O-])c2C1. The number of carbonyl (C=O) groups is 1. The molecule has 0 heterocycles. The van der Waals surface area contributed by atoms with E-state index in [4.69, 9.17) is 0 Å². The van der Waals surface area contributed by atoms with Crippen molar-refractivity contribution in [2.24, 2.45) is 0 Å². The highest BCUT2D eigenvalue weighted by atomic mass is 79.9. The van der Waals surface area contributed by atoms with E-state index in [2.05, 4.69) is 15.9 Å². The molecule has 0 saturated carbocycles. The largest absolute Gasteiger partial charge is 0.299 e. The number of Topliss-reactive ketones (excluding diaryl/α,β-unsaturated/α-hetero) is 1. The number of fused-ring (bicyclic) bond motifs is 1. The summed E-state index contributed by atoms with van der Waals surface area (Å²) in [5, 5.41) is 10.8. The Morgan fingerprint density at radius 3 is 2.73 bits per heavy atom. The summed E-state index contributed by atoms with van der Waals surface area (Å²) in [6.07, 6.45) is 1.29. The van der Waals surface area contributed by atoms with Crippen LogP contribution in [0.15, 0.2) is 16.6 Å². The lowest BCUT2D eigenvalue weighted by Gasteiger charge is -2.14. The highest BCUT2D eigenvalue weighted by Gasteiger charge is 2.24. The van der Waals surface area contributed by atoms with Gasteiger partial charge in [-0.05, 0) is 18.1 Å². The van der Waals surface area contributed by atoms with Crippen LogP contribution < -0.4 is 0 Å². The summed E-state index contributed by atoms with van der Waals surface area (Å²) in [5.74, 6) is 0.0768. The average molecular weight is 270 g/mol. The minimum absolute atomic E-state index is 0.0485. The summed E-state index contributed by atoms with van der Waals surface area (Å²) in [6, 6.07) is 3.31. The molecule has 0 atom stereocenters. The third-order valence-corrected chi connectivity index (χ3v) is 2.99. The Kier molecular flexibility index (Phi) is 2.56. The van der Waals surface area contributed by atoms with Gasteiger partial charge >= 0.3 is 0 Å². The average Bonchev–Trinajstić information content (AvgIpc) is 2.17. The molecule has 1 aromatic carbocycles. The van der Waals surface area contributed by atoms with Crippen LogP contribution >= 0.6 is 15.9 Å². The normalized spacial score (nSPS) is 14.9. The second-order valence-corrected chi connectivity index (χ2v) is 4.45. The lowest BCUT2D eigenvalue weighted by molar-refractivity contribution is -0.385. The molecular formula is C10H8BrNO3. The molecule has 78 valence electrons. The van der Waals surface area contributed by atoms with Crippen molar-refractivity contribution in [1.82, 2.24) is 0 Å². The molecule has 0 radical (unpaired) electrons. The van der Waals surface area contributed by atoms with Crippen LogP contribution in [-0.4, -0.2) is 10.7 Å². The van der Waals surface area contributed by atoms with E-state index in [9.17, 15) is 14.9 Å². The van der Waals surface area contributed by atoms with Crippen LogP contribution in [0.5, 0.6) is 0 Å². The molecule has 1 aliphatic carbocycles. The van der Waals surface area contributed by atoms with Gasteiger partial charge in [-0.1, -0.05) is 15.9 Å². The van der Waals surface area contributed by atoms with Crippen LogP contribution in [0.1, 0.15) is 17.5 Å². The first kappa shape index (κ1) is 10.3. The summed E-state index contributed by atoms with van der Waals surface area (Å²) in [5.41, 5.74) is 1.54. The monoisotopic (exact) mass is 269 g/mol. The molecule has 0 aliphatic heterocycles. The number of ketones is 1. The maximum atomic E-state index is 11.3. The van der Waals surface area contributed by atoms with Gasteiger partial charge in [-0.2, -0.15) is 0 Å². The van der Waals surface area contributed by atoms with Gasteiger partial charge in [0.25, 0.3) is 5.69 Å². The fraction of sp³-hybridized carbons (Fsp3) is 0.300. The highest BCUT2D eigenvalue weighted by molar-refractivity contribution is 9.10. The van der Waals surface area contributed by atoms with Crippen molar-refractivity contribution in [3.8, 4) is 0 Å². The van der Waals surface area contributed by atoms with Crippen molar-refractivity contribution in [2.45, 2.75) is 19.3 Å². The molecule has 15 heavy (non-hydrogen) atoms. The number of hydrogen-bond acceptors (Lipinski definition) is 3. The van der Waals surface area contributed by atoms with Crippen LogP contribution in [-0.2, 0) is 17.6 Å². The van der Waals surface area contributed by atoms with E-state index in [-0.39, 0.29) is 17.9 Å². The summed E-state index contributed by atoms with van der Waals surface area (Å²) in [7, 11) is 0. The molecule has 1 aliphatic rings. The van der Waals surface area contributed by atoms with E-state index in [0.29, 0.717) is 22.9 Å². The number of hydrogen-bond donors (Lipinski definition) is 0. The molecule has 0 bridgehead atoms. The van der Waals surface area contributed by atoms with Crippen LogP contribution in [0.2, 0.25) is 0 Å². The Balaban J connectivity index is 2.60. The Morgan fingerprint density at radius 1 is 1.33 bits per heavy atom. The highest BCUT2D eigenvalue weighted by Crippen LogP contribution is 2.31. The summed E-state index contributed by atoms with van der Waals surface area (Å²) < 4.78 is 0.697. The second-order valence-electron chi connectivity index (χ2n) is 3.54.